The zero-order valence-corrected chi connectivity index (χ0v) is 7.60. The highest BCUT2D eigenvalue weighted by Gasteiger charge is 2.08. The lowest BCUT2D eigenvalue weighted by molar-refractivity contribution is 0.0951. The number of hydrogen-bond acceptors (Lipinski definition) is 2. The Bertz CT molecular complexity index is 365. The van der Waals surface area contributed by atoms with Crippen LogP contribution in [-0.4, -0.2) is 11.9 Å². The Morgan fingerprint density at radius 2 is 2.14 bits per heavy atom. The second-order valence-corrected chi connectivity index (χ2v) is 2.68. The molecule has 0 saturated carbocycles. The molecular weight excluding hydrogens is 176 g/mol. The van der Waals surface area contributed by atoms with Crippen molar-refractivity contribution in [3.05, 3.63) is 48.6 Å². The molecule has 0 heterocycles. The van der Waals surface area contributed by atoms with Gasteiger partial charge in [-0.1, -0.05) is 30.9 Å². The summed E-state index contributed by atoms with van der Waals surface area (Å²) < 4.78 is 0. The van der Waals surface area contributed by atoms with Gasteiger partial charge in [0.15, 0.2) is 0 Å². The SMILES string of the molecule is C=C[C@H](C#N)NC(=O)c1ccccc1. The molecule has 0 fully saturated rings. The monoisotopic (exact) mass is 186 g/mol. The Labute approximate surface area is 82.7 Å². The molecule has 3 nitrogen and oxygen atoms in total. The van der Waals surface area contributed by atoms with E-state index in [9.17, 15) is 4.79 Å². The zero-order chi connectivity index (χ0) is 10.4. The van der Waals surface area contributed by atoms with E-state index in [4.69, 9.17) is 5.26 Å². The van der Waals surface area contributed by atoms with Crippen LogP contribution in [0.25, 0.3) is 0 Å². The van der Waals surface area contributed by atoms with Crippen LogP contribution in [0, 0.1) is 11.3 Å². The molecule has 1 aromatic rings. The molecule has 14 heavy (non-hydrogen) atoms. The first-order valence-corrected chi connectivity index (χ1v) is 4.16. The fourth-order valence-corrected chi connectivity index (χ4v) is 0.958. The maximum absolute atomic E-state index is 11.5. The highest BCUT2D eigenvalue weighted by molar-refractivity contribution is 5.94. The van der Waals surface area contributed by atoms with E-state index in [1.165, 1.54) is 6.08 Å². The highest BCUT2D eigenvalue weighted by Crippen LogP contribution is 1.98. The van der Waals surface area contributed by atoms with E-state index in [2.05, 4.69) is 11.9 Å². The van der Waals surface area contributed by atoms with Crippen molar-refractivity contribution in [1.82, 2.24) is 5.32 Å². The Morgan fingerprint density at radius 3 is 2.64 bits per heavy atom. The van der Waals surface area contributed by atoms with E-state index in [0.29, 0.717) is 5.56 Å². The maximum Gasteiger partial charge on any atom is 0.252 e. The molecule has 0 spiro atoms. The Morgan fingerprint density at radius 1 is 1.50 bits per heavy atom. The summed E-state index contributed by atoms with van der Waals surface area (Å²) in [4.78, 5) is 11.5. The van der Waals surface area contributed by atoms with Crippen LogP contribution in [0.15, 0.2) is 43.0 Å². The van der Waals surface area contributed by atoms with Crippen LogP contribution in [0.2, 0.25) is 0 Å². The largest absolute Gasteiger partial charge is 0.333 e. The summed E-state index contributed by atoms with van der Waals surface area (Å²) in [6.45, 7) is 3.44. The number of nitriles is 1. The number of benzene rings is 1. The molecule has 0 aliphatic heterocycles. The minimum Gasteiger partial charge on any atom is -0.333 e. The molecule has 3 heteroatoms. The highest BCUT2D eigenvalue weighted by atomic mass is 16.1. The number of rotatable bonds is 3. The van der Waals surface area contributed by atoms with Gasteiger partial charge in [-0.15, -0.1) is 0 Å². The molecular formula is C11H10N2O. The summed E-state index contributed by atoms with van der Waals surface area (Å²) >= 11 is 0. The second kappa shape index (κ2) is 4.83. The van der Waals surface area contributed by atoms with Crippen molar-refractivity contribution in [2.75, 3.05) is 0 Å². The molecule has 0 aliphatic rings. The summed E-state index contributed by atoms with van der Waals surface area (Å²) in [5, 5.41) is 11.1. The standard InChI is InChI=1S/C11H10N2O/c1-2-10(8-12)13-11(14)9-6-4-3-5-7-9/h2-7,10H,1H2,(H,13,14)/t10-/m1/s1. The molecule has 1 atom stereocenters. The molecule has 0 unspecified atom stereocenters. The average molecular weight is 186 g/mol. The van der Waals surface area contributed by atoms with Crippen molar-refractivity contribution in [1.29, 1.82) is 5.26 Å². The van der Waals surface area contributed by atoms with Gasteiger partial charge in [-0.05, 0) is 12.1 Å². The summed E-state index contributed by atoms with van der Waals surface area (Å²) in [6.07, 6.45) is 1.39. The molecule has 1 amide bonds. The minimum absolute atomic E-state index is 0.267. The van der Waals surface area contributed by atoms with Gasteiger partial charge in [-0.3, -0.25) is 4.79 Å². The van der Waals surface area contributed by atoms with Crippen LogP contribution in [0.1, 0.15) is 10.4 Å². The molecule has 0 aromatic heterocycles. The van der Waals surface area contributed by atoms with Crippen molar-refractivity contribution >= 4 is 5.91 Å². The van der Waals surface area contributed by atoms with Crippen molar-refractivity contribution in [2.24, 2.45) is 0 Å². The van der Waals surface area contributed by atoms with Crippen molar-refractivity contribution in [2.45, 2.75) is 6.04 Å². The topological polar surface area (TPSA) is 52.9 Å². The molecule has 1 rings (SSSR count). The number of hydrogen-bond donors (Lipinski definition) is 1. The zero-order valence-electron chi connectivity index (χ0n) is 7.60. The summed E-state index contributed by atoms with van der Waals surface area (Å²) in [5.41, 5.74) is 0.537. The molecule has 0 aliphatic carbocycles. The molecule has 0 radical (unpaired) electrons. The van der Waals surface area contributed by atoms with E-state index >= 15 is 0 Å². The minimum atomic E-state index is -0.636. The molecule has 1 aromatic carbocycles. The van der Waals surface area contributed by atoms with Gasteiger partial charge in [-0.25, -0.2) is 0 Å². The Kier molecular flexibility index (Phi) is 3.45. The van der Waals surface area contributed by atoms with E-state index in [0.717, 1.165) is 0 Å². The second-order valence-electron chi connectivity index (χ2n) is 2.68. The summed E-state index contributed by atoms with van der Waals surface area (Å²) in [6, 6.07) is 10.0. The van der Waals surface area contributed by atoms with Crippen molar-refractivity contribution in [3.8, 4) is 6.07 Å². The third kappa shape index (κ3) is 2.46. The quantitative estimate of drug-likeness (QED) is 0.727. The lowest BCUT2D eigenvalue weighted by Gasteiger charge is -2.06. The average Bonchev–Trinajstić information content (AvgIpc) is 2.26. The number of nitrogens with one attached hydrogen (secondary N) is 1. The Hall–Kier alpha value is -2.08. The molecule has 0 bridgehead atoms. The smallest absolute Gasteiger partial charge is 0.252 e. The van der Waals surface area contributed by atoms with Crippen LogP contribution >= 0.6 is 0 Å². The fraction of sp³-hybridized carbons (Fsp3) is 0.0909. The van der Waals surface area contributed by atoms with E-state index in [1.807, 2.05) is 12.1 Å². The van der Waals surface area contributed by atoms with Gasteiger partial charge >= 0.3 is 0 Å². The van der Waals surface area contributed by atoms with Gasteiger partial charge < -0.3 is 5.32 Å². The Balaban J connectivity index is 2.69. The summed E-state index contributed by atoms with van der Waals surface area (Å²) in [7, 11) is 0. The van der Waals surface area contributed by atoms with Gasteiger partial charge in [0.25, 0.3) is 5.91 Å². The first-order valence-electron chi connectivity index (χ1n) is 4.16. The van der Waals surface area contributed by atoms with E-state index in [1.54, 1.807) is 24.3 Å². The third-order valence-corrected chi connectivity index (χ3v) is 1.70. The predicted octanol–water partition coefficient (Wildman–Crippen LogP) is 1.49. The molecule has 0 saturated heterocycles. The normalized spacial score (nSPS) is 11.1. The van der Waals surface area contributed by atoms with Crippen LogP contribution in [0.3, 0.4) is 0 Å². The van der Waals surface area contributed by atoms with E-state index < -0.39 is 6.04 Å². The number of carbonyl (C=O) groups is 1. The third-order valence-electron chi connectivity index (χ3n) is 1.70. The number of carbonyl (C=O) groups excluding carboxylic acids is 1. The van der Waals surface area contributed by atoms with Gasteiger partial charge in [-0.2, -0.15) is 5.26 Å². The fourth-order valence-electron chi connectivity index (χ4n) is 0.958. The van der Waals surface area contributed by atoms with Gasteiger partial charge in [0.1, 0.15) is 6.04 Å². The predicted molar refractivity (Wildman–Crippen MR) is 53.5 cm³/mol. The van der Waals surface area contributed by atoms with Crippen molar-refractivity contribution in [3.63, 3.8) is 0 Å². The van der Waals surface area contributed by atoms with E-state index in [-0.39, 0.29) is 5.91 Å². The summed E-state index contributed by atoms with van der Waals surface area (Å²) in [5.74, 6) is -0.267. The van der Waals surface area contributed by atoms with Crippen LogP contribution in [-0.2, 0) is 0 Å². The van der Waals surface area contributed by atoms with Crippen molar-refractivity contribution < 1.29 is 4.79 Å². The van der Waals surface area contributed by atoms with Gasteiger partial charge in [0, 0.05) is 5.56 Å². The maximum atomic E-state index is 11.5. The van der Waals surface area contributed by atoms with Crippen LogP contribution < -0.4 is 5.32 Å². The molecule has 1 N–H and O–H groups in total. The molecule has 70 valence electrons. The first kappa shape index (κ1) is 10.0. The van der Waals surface area contributed by atoms with Gasteiger partial charge in [0.05, 0.1) is 6.07 Å². The van der Waals surface area contributed by atoms with Crippen LogP contribution in [0.5, 0.6) is 0 Å². The first-order chi connectivity index (χ1) is 6.77. The number of nitrogens with zero attached hydrogens (tertiary/aromatic N) is 1. The van der Waals surface area contributed by atoms with Gasteiger partial charge in [0.2, 0.25) is 0 Å². The number of amides is 1. The lowest BCUT2D eigenvalue weighted by Crippen LogP contribution is -2.31. The van der Waals surface area contributed by atoms with Crippen LogP contribution in [0.4, 0.5) is 0 Å². The lowest BCUT2D eigenvalue weighted by atomic mass is 10.2.